The highest BCUT2D eigenvalue weighted by atomic mass is 127. The van der Waals surface area contributed by atoms with E-state index in [1.165, 1.54) is 12.8 Å². The Morgan fingerprint density at radius 3 is 2.54 bits per heavy atom. The smallest absolute Gasteiger partial charge is 0.193 e. The van der Waals surface area contributed by atoms with Gasteiger partial charge < -0.3 is 19.7 Å². The quantitative estimate of drug-likeness (QED) is 0.428. The number of hydrogen-bond donors (Lipinski definition) is 1. The predicted octanol–water partition coefficient (Wildman–Crippen LogP) is 3.17. The Hall–Kier alpha value is -1.18. The number of benzene rings is 1. The molecule has 0 radical (unpaired) electrons. The molecule has 1 aromatic carbocycles. The van der Waals surface area contributed by atoms with Crippen LogP contribution in [0.2, 0.25) is 0 Å². The van der Waals surface area contributed by atoms with E-state index in [0.29, 0.717) is 0 Å². The Morgan fingerprint density at radius 2 is 1.96 bits per heavy atom. The van der Waals surface area contributed by atoms with Crippen molar-refractivity contribution in [3.8, 4) is 11.5 Å². The predicted molar refractivity (Wildman–Crippen MR) is 110 cm³/mol. The van der Waals surface area contributed by atoms with E-state index in [9.17, 15) is 0 Å². The van der Waals surface area contributed by atoms with Crippen LogP contribution in [0.3, 0.4) is 0 Å². The first kappa shape index (κ1) is 20.9. The maximum absolute atomic E-state index is 5.43. The second-order valence-electron chi connectivity index (χ2n) is 6.07. The summed E-state index contributed by atoms with van der Waals surface area (Å²) < 4.78 is 10.7. The summed E-state index contributed by atoms with van der Waals surface area (Å²) in [5.41, 5.74) is 1.14. The summed E-state index contributed by atoms with van der Waals surface area (Å²) in [5.74, 6) is 3.58. The van der Waals surface area contributed by atoms with Crippen LogP contribution in [0.5, 0.6) is 11.5 Å². The number of likely N-dealkylation sites (tertiary alicyclic amines) is 1. The van der Waals surface area contributed by atoms with Crippen molar-refractivity contribution in [2.75, 3.05) is 40.9 Å². The molecule has 5 nitrogen and oxygen atoms in total. The Labute approximate surface area is 162 Å². The summed E-state index contributed by atoms with van der Waals surface area (Å²) in [5, 5.41) is 3.47. The maximum atomic E-state index is 5.43. The lowest BCUT2D eigenvalue weighted by Crippen LogP contribution is -2.45. The average Bonchev–Trinajstić information content (AvgIpc) is 2.59. The summed E-state index contributed by atoms with van der Waals surface area (Å²) >= 11 is 0. The fourth-order valence-corrected chi connectivity index (χ4v) is 2.94. The van der Waals surface area contributed by atoms with Crippen molar-refractivity contribution >= 4 is 29.9 Å². The van der Waals surface area contributed by atoms with Gasteiger partial charge in [0.25, 0.3) is 0 Å². The molecule has 136 valence electrons. The van der Waals surface area contributed by atoms with Gasteiger partial charge in [0, 0.05) is 26.7 Å². The van der Waals surface area contributed by atoms with Gasteiger partial charge in [0.05, 0.1) is 14.2 Å². The summed E-state index contributed by atoms with van der Waals surface area (Å²) in [6.45, 7) is 5.32. The second-order valence-corrected chi connectivity index (χ2v) is 6.07. The Bertz CT molecular complexity index is 529. The highest BCUT2D eigenvalue weighted by Crippen LogP contribution is 2.24. The lowest BCUT2D eigenvalue weighted by molar-refractivity contribution is 0.273. The van der Waals surface area contributed by atoms with Gasteiger partial charge in [-0.05, 0) is 48.9 Å². The summed E-state index contributed by atoms with van der Waals surface area (Å²) in [4.78, 5) is 6.77. The Balaban J connectivity index is 0.00000288. The van der Waals surface area contributed by atoms with Crippen LogP contribution in [0.25, 0.3) is 0 Å². The zero-order valence-corrected chi connectivity index (χ0v) is 17.5. The number of piperidine rings is 1. The lowest BCUT2D eigenvalue weighted by Gasteiger charge is -2.33. The monoisotopic (exact) mass is 447 g/mol. The summed E-state index contributed by atoms with van der Waals surface area (Å²) in [6, 6.07) is 5.91. The normalized spacial score (nSPS) is 15.7. The van der Waals surface area contributed by atoms with Crippen molar-refractivity contribution in [2.45, 2.75) is 26.2 Å². The molecule has 0 amide bonds. The molecule has 1 aliphatic rings. The minimum atomic E-state index is 0. The molecule has 6 heteroatoms. The minimum Gasteiger partial charge on any atom is -0.497 e. The third-order valence-corrected chi connectivity index (χ3v) is 4.46. The van der Waals surface area contributed by atoms with Crippen molar-refractivity contribution in [3.05, 3.63) is 23.8 Å². The van der Waals surface area contributed by atoms with Gasteiger partial charge in [-0.1, -0.05) is 6.92 Å². The molecule has 0 spiro atoms. The number of halogens is 1. The fraction of sp³-hybridized carbons (Fsp3) is 0.611. The van der Waals surface area contributed by atoms with Gasteiger partial charge in [0.1, 0.15) is 11.5 Å². The first-order chi connectivity index (χ1) is 11.2. The number of guanidine groups is 1. The number of hydrogen-bond acceptors (Lipinski definition) is 3. The van der Waals surface area contributed by atoms with Gasteiger partial charge in [0.15, 0.2) is 5.96 Å². The van der Waals surface area contributed by atoms with E-state index in [0.717, 1.165) is 55.0 Å². The van der Waals surface area contributed by atoms with Crippen molar-refractivity contribution in [2.24, 2.45) is 10.9 Å². The van der Waals surface area contributed by atoms with Gasteiger partial charge in [-0.15, -0.1) is 24.0 Å². The van der Waals surface area contributed by atoms with Gasteiger partial charge in [0.2, 0.25) is 0 Å². The maximum Gasteiger partial charge on any atom is 0.193 e. The molecule has 1 saturated heterocycles. The van der Waals surface area contributed by atoms with Gasteiger partial charge in [-0.25, -0.2) is 0 Å². The van der Waals surface area contributed by atoms with Crippen LogP contribution in [0.4, 0.5) is 0 Å². The summed E-state index contributed by atoms with van der Waals surface area (Å²) in [6.07, 6.45) is 3.35. The molecule has 1 heterocycles. The van der Waals surface area contributed by atoms with Crippen molar-refractivity contribution in [1.82, 2.24) is 10.2 Å². The number of nitrogens with one attached hydrogen (secondary N) is 1. The zero-order chi connectivity index (χ0) is 16.7. The molecular formula is C18H30IN3O2. The molecule has 0 unspecified atom stereocenters. The van der Waals surface area contributed by atoms with E-state index in [1.54, 1.807) is 14.2 Å². The molecule has 1 N–H and O–H groups in total. The van der Waals surface area contributed by atoms with E-state index < -0.39 is 0 Å². The molecular weight excluding hydrogens is 417 g/mol. The Morgan fingerprint density at radius 1 is 1.25 bits per heavy atom. The summed E-state index contributed by atoms with van der Waals surface area (Å²) in [7, 11) is 5.24. The molecule has 0 bridgehead atoms. The van der Waals surface area contributed by atoms with Gasteiger partial charge in [-0.3, -0.25) is 4.99 Å². The van der Waals surface area contributed by atoms with E-state index in [-0.39, 0.29) is 24.0 Å². The van der Waals surface area contributed by atoms with Crippen LogP contribution >= 0.6 is 24.0 Å². The van der Waals surface area contributed by atoms with Gasteiger partial charge >= 0.3 is 0 Å². The topological polar surface area (TPSA) is 46.1 Å². The largest absolute Gasteiger partial charge is 0.497 e. The molecule has 1 fully saturated rings. The van der Waals surface area contributed by atoms with Crippen LogP contribution in [-0.2, 0) is 6.42 Å². The number of rotatable bonds is 5. The second kappa shape index (κ2) is 10.6. The first-order valence-electron chi connectivity index (χ1n) is 8.34. The number of ether oxygens (including phenoxy) is 2. The third kappa shape index (κ3) is 5.72. The van der Waals surface area contributed by atoms with Crippen LogP contribution in [-0.4, -0.2) is 51.8 Å². The van der Waals surface area contributed by atoms with Crippen LogP contribution in [0.15, 0.2) is 23.2 Å². The molecule has 0 saturated carbocycles. The third-order valence-electron chi connectivity index (χ3n) is 4.46. The van der Waals surface area contributed by atoms with Crippen molar-refractivity contribution < 1.29 is 9.47 Å². The highest BCUT2D eigenvalue weighted by molar-refractivity contribution is 14.0. The molecule has 0 aliphatic carbocycles. The first-order valence-corrected chi connectivity index (χ1v) is 8.34. The zero-order valence-electron chi connectivity index (χ0n) is 15.2. The van der Waals surface area contributed by atoms with E-state index in [2.05, 4.69) is 22.1 Å². The SMILES string of the molecule is CN=C(NCCc1cc(OC)ccc1OC)N1CCC(C)CC1.I. The van der Waals surface area contributed by atoms with Crippen LogP contribution < -0.4 is 14.8 Å². The number of aliphatic imine (C=N–C) groups is 1. The van der Waals surface area contributed by atoms with Crippen molar-refractivity contribution in [1.29, 1.82) is 0 Å². The van der Waals surface area contributed by atoms with Crippen molar-refractivity contribution in [3.63, 3.8) is 0 Å². The minimum absolute atomic E-state index is 0. The molecule has 1 aliphatic heterocycles. The molecule has 1 aromatic rings. The lowest BCUT2D eigenvalue weighted by atomic mass is 9.99. The van der Waals surface area contributed by atoms with E-state index in [4.69, 9.17) is 9.47 Å². The van der Waals surface area contributed by atoms with E-state index in [1.807, 2.05) is 25.2 Å². The molecule has 0 atom stereocenters. The van der Waals surface area contributed by atoms with Crippen LogP contribution in [0.1, 0.15) is 25.3 Å². The number of nitrogens with zero attached hydrogens (tertiary/aromatic N) is 2. The van der Waals surface area contributed by atoms with Crippen LogP contribution in [0, 0.1) is 5.92 Å². The highest BCUT2D eigenvalue weighted by Gasteiger charge is 2.18. The molecule has 24 heavy (non-hydrogen) atoms. The number of methoxy groups -OCH3 is 2. The Kier molecular flexibility index (Phi) is 9.25. The molecule has 2 rings (SSSR count). The average molecular weight is 447 g/mol. The molecule has 0 aromatic heterocycles. The fourth-order valence-electron chi connectivity index (χ4n) is 2.94. The van der Waals surface area contributed by atoms with E-state index >= 15 is 0 Å². The van der Waals surface area contributed by atoms with Gasteiger partial charge in [-0.2, -0.15) is 0 Å². The standard InChI is InChI=1S/C18H29N3O2.HI/c1-14-8-11-21(12-9-14)18(19-2)20-10-7-15-13-16(22-3)5-6-17(15)23-4;/h5-6,13-14H,7-12H2,1-4H3,(H,19,20);1H.